The van der Waals surface area contributed by atoms with Crippen molar-refractivity contribution in [3.63, 3.8) is 0 Å². The Morgan fingerprint density at radius 3 is 3.19 bits per heavy atom. The number of amides is 1. The molecule has 0 radical (unpaired) electrons. The zero-order chi connectivity index (χ0) is 14.5. The number of carbonyl (C=O) groups is 1. The van der Waals surface area contributed by atoms with Gasteiger partial charge in [0.15, 0.2) is 0 Å². The van der Waals surface area contributed by atoms with Crippen LogP contribution in [0.25, 0.3) is 0 Å². The van der Waals surface area contributed by atoms with E-state index in [4.69, 9.17) is 0 Å². The molecule has 1 amide bonds. The van der Waals surface area contributed by atoms with Crippen LogP contribution in [-0.2, 0) is 11.3 Å². The minimum absolute atomic E-state index is 0.0797. The van der Waals surface area contributed by atoms with Gasteiger partial charge < -0.3 is 15.2 Å². The molecule has 2 N–H and O–H groups in total. The third kappa shape index (κ3) is 3.70. The quantitative estimate of drug-likeness (QED) is 0.901. The molecule has 21 heavy (non-hydrogen) atoms. The highest BCUT2D eigenvalue weighted by atomic mass is 16.1. The zero-order valence-electron chi connectivity index (χ0n) is 12.0. The van der Waals surface area contributed by atoms with Gasteiger partial charge in [0.1, 0.15) is 0 Å². The van der Waals surface area contributed by atoms with Crippen molar-refractivity contribution in [3.8, 4) is 0 Å². The molecule has 0 spiro atoms. The van der Waals surface area contributed by atoms with Crippen LogP contribution in [0.2, 0.25) is 0 Å². The van der Waals surface area contributed by atoms with E-state index in [-0.39, 0.29) is 11.8 Å². The van der Waals surface area contributed by atoms with E-state index in [1.807, 2.05) is 29.0 Å². The van der Waals surface area contributed by atoms with E-state index in [2.05, 4.69) is 21.7 Å². The molecule has 2 aromatic rings. The van der Waals surface area contributed by atoms with Crippen LogP contribution in [-0.4, -0.2) is 28.5 Å². The van der Waals surface area contributed by atoms with Crippen molar-refractivity contribution < 1.29 is 4.79 Å². The normalized spacial score (nSPS) is 18.4. The fraction of sp³-hybridized carbons (Fsp3) is 0.375. The molecule has 3 rings (SSSR count). The number of aromatic nitrogens is 2. The van der Waals surface area contributed by atoms with Gasteiger partial charge in [0.05, 0.1) is 12.2 Å². The van der Waals surface area contributed by atoms with Gasteiger partial charge >= 0.3 is 0 Å². The number of nitrogens with zero attached hydrogens (tertiary/aromatic N) is 2. The van der Waals surface area contributed by atoms with Gasteiger partial charge in [0.25, 0.3) is 0 Å². The maximum Gasteiger partial charge on any atom is 0.228 e. The largest absolute Gasteiger partial charge is 0.333 e. The smallest absolute Gasteiger partial charge is 0.228 e. The van der Waals surface area contributed by atoms with Crippen molar-refractivity contribution in [2.75, 3.05) is 18.4 Å². The van der Waals surface area contributed by atoms with E-state index >= 15 is 0 Å². The van der Waals surface area contributed by atoms with Gasteiger partial charge in [-0.2, -0.15) is 0 Å². The molecule has 0 unspecified atom stereocenters. The predicted molar refractivity (Wildman–Crippen MR) is 82.0 cm³/mol. The van der Waals surface area contributed by atoms with E-state index in [1.165, 1.54) is 0 Å². The lowest BCUT2D eigenvalue weighted by atomic mass is 9.99. The number of benzene rings is 1. The lowest BCUT2D eigenvalue weighted by Crippen LogP contribution is -2.37. The molecule has 1 saturated heterocycles. The van der Waals surface area contributed by atoms with Crippen molar-refractivity contribution >= 4 is 11.6 Å². The van der Waals surface area contributed by atoms with Crippen LogP contribution in [0.4, 0.5) is 5.69 Å². The molecular weight excluding hydrogens is 264 g/mol. The monoisotopic (exact) mass is 284 g/mol. The Bertz CT molecular complexity index is 588. The van der Waals surface area contributed by atoms with E-state index in [0.717, 1.165) is 43.7 Å². The summed E-state index contributed by atoms with van der Waals surface area (Å²) in [7, 11) is 0. The first kappa shape index (κ1) is 13.8. The lowest BCUT2D eigenvalue weighted by Gasteiger charge is -2.22. The van der Waals surface area contributed by atoms with Crippen molar-refractivity contribution in [2.45, 2.75) is 19.4 Å². The van der Waals surface area contributed by atoms with Gasteiger partial charge in [0, 0.05) is 31.2 Å². The van der Waals surface area contributed by atoms with Crippen molar-refractivity contribution in [1.82, 2.24) is 14.9 Å². The molecule has 0 bridgehead atoms. The molecule has 5 heteroatoms. The number of rotatable bonds is 4. The minimum atomic E-state index is 0.0797. The molecule has 1 aliphatic heterocycles. The van der Waals surface area contributed by atoms with Crippen LogP contribution >= 0.6 is 0 Å². The molecule has 2 heterocycles. The second-order valence-electron chi connectivity index (χ2n) is 5.47. The summed E-state index contributed by atoms with van der Waals surface area (Å²) in [5.74, 6) is 0.193. The Morgan fingerprint density at radius 1 is 1.48 bits per heavy atom. The van der Waals surface area contributed by atoms with E-state index in [1.54, 1.807) is 12.5 Å². The number of piperidine rings is 1. The highest BCUT2D eigenvalue weighted by Gasteiger charge is 2.20. The van der Waals surface area contributed by atoms with E-state index in [0.29, 0.717) is 0 Å². The van der Waals surface area contributed by atoms with Gasteiger partial charge in [-0.15, -0.1) is 0 Å². The number of anilines is 1. The number of hydrogen-bond donors (Lipinski definition) is 2. The third-order valence-corrected chi connectivity index (χ3v) is 3.79. The van der Waals surface area contributed by atoms with Crippen LogP contribution in [0.15, 0.2) is 43.0 Å². The summed E-state index contributed by atoms with van der Waals surface area (Å²) in [5.41, 5.74) is 2.01. The van der Waals surface area contributed by atoms with Gasteiger partial charge in [-0.3, -0.25) is 4.79 Å². The summed E-state index contributed by atoms with van der Waals surface area (Å²) in [6.45, 7) is 2.55. The highest BCUT2D eigenvalue weighted by molar-refractivity contribution is 5.92. The second-order valence-corrected chi connectivity index (χ2v) is 5.47. The first-order chi connectivity index (χ1) is 10.3. The lowest BCUT2D eigenvalue weighted by molar-refractivity contribution is -0.120. The fourth-order valence-electron chi connectivity index (χ4n) is 2.66. The second kappa shape index (κ2) is 6.54. The topological polar surface area (TPSA) is 59.0 Å². The number of imidazole rings is 1. The number of hydrogen-bond acceptors (Lipinski definition) is 3. The zero-order valence-corrected chi connectivity index (χ0v) is 12.0. The molecule has 1 aromatic carbocycles. The Hall–Kier alpha value is -2.14. The van der Waals surface area contributed by atoms with Crippen LogP contribution in [0, 0.1) is 5.92 Å². The van der Waals surface area contributed by atoms with Crippen LogP contribution in [0.5, 0.6) is 0 Å². The SMILES string of the molecule is O=C(Nc1cccc(Cn2ccnc2)c1)[C@H]1CCCNC1. The van der Waals surface area contributed by atoms with Crippen LogP contribution in [0.1, 0.15) is 18.4 Å². The van der Waals surface area contributed by atoms with Gasteiger partial charge in [-0.25, -0.2) is 4.98 Å². The van der Waals surface area contributed by atoms with Crippen LogP contribution in [0.3, 0.4) is 0 Å². The molecule has 1 fully saturated rings. The van der Waals surface area contributed by atoms with Gasteiger partial charge in [-0.05, 0) is 37.1 Å². The van der Waals surface area contributed by atoms with Crippen molar-refractivity contribution in [1.29, 1.82) is 0 Å². The molecule has 0 saturated carbocycles. The molecule has 110 valence electrons. The van der Waals surface area contributed by atoms with Crippen LogP contribution < -0.4 is 10.6 Å². The standard InChI is InChI=1S/C16H20N4O/c21-16(14-4-2-6-17-10-14)19-15-5-1-3-13(9-15)11-20-8-7-18-12-20/h1,3,5,7-9,12,14,17H,2,4,6,10-11H2,(H,19,21)/t14-/m0/s1. The fourth-order valence-corrected chi connectivity index (χ4v) is 2.66. The van der Waals surface area contributed by atoms with Crippen molar-refractivity contribution in [3.05, 3.63) is 48.5 Å². The Morgan fingerprint density at radius 2 is 2.43 bits per heavy atom. The van der Waals surface area contributed by atoms with E-state index < -0.39 is 0 Å². The maximum absolute atomic E-state index is 12.2. The molecular formula is C16H20N4O. The Kier molecular flexibility index (Phi) is 4.31. The molecule has 1 aliphatic rings. The van der Waals surface area contributed by atoms with E-state index in [9.17, 15) is 4.79 Å². The minimum Gasteiger partial charge on any atom is -0.333 e. The number of carbonyl (C=O) groups excluding carboxylic acids is 1. The molecule has 5 nitrogen and oxygen atoms in total. The van der Waals surface area contributed by atoms with Crippen molar-refractivity contribution in [2.24, 2.45) is 5.92 Å². The number of nitrogens with one attached hydrogen (secondary N) is 2. The predicted octanol–water partition coefficient (Wildman–Crippen LogP) is 1.87. The Balaban J connectivity index is 1.63. The average molecular weight is 284 g/mol. The summed E-state index contributed by atoms with van der Waals surface area (Å²) >= 11 is 0. The maximum atomic E-state index is 12.2. The third-order valence-electron chi connectivity index (χ3n) is 3.79. The summed E-state index contributed by atoms with van der Waals surface area (Å²) in [6, 6.07) is 7.98. The summed E-state index contributed by atoms with van der Waals surface area (Å²) in [6.07, 6.45) is 7.52. The summed E-state index contributed by atoms with van der Waals surface area (Å²) in [5, 5.41) is 6.30. The molecule has 0 aliphatic carbocycles. The highest BCUT2D eigenvalue weighted by Crippen LogP contribution is 2.16. The first-order valence-electron chi connectivity index (χ1n) is 7.37. The Labute approximate surface area is 124 Å². The van der Waals surface area contributed by atoms with Gasteiger partial charge in [-0.1, -0.05) is 12.1 Å². The first-order valence-corrected chi connectivity index (χ1v) is 7.37. The van der Waals surface area contributed by atoms with Gasteiger partial charge in [0.2, 0.25) is 5.91 Å². The molecule has 1 atom stereocenters. The summed E-state index contributed by atoms with van der Waals surface area (Å²) in [4.78, 5) is 16.3. The molecule has 1 aromatic heterocycles. The average Bonchev–Trinajstić information content (AvgIpc) is 3.01. The summed E-state index contributed by atoms with van der Waals surface area (Å²) < 4.78 is 2.01.